The second-order valence-corrected chi connectivity index (χ2v) is 5.76. The molecule has 0 saturated carbocycles. The summed E-state index contributed by atoms with van der Waals surface area (Å²) in [5.74, 6) is -1.50. The Kier molecular flexibility index (Phi) is 4.98. The van der Waals surface area contributed by atoms with Gasteiger partial charge in [-0.1, -0.05) is 30.3 Å². The first-order valence-electron chi connectivity index (χ1n) is 5.85. The summed E-state index contributed by atoms with van der Waals surface area (Å²) in [5.41, 5.74) is 0.893. The second-order valence-electron chi connectivity index (χ2n) is 3.94. The van der Waals surface area contributed by atoms with Crippen molar-refractivity contribution < 1.29 is 24.2 Å². The van der Waals surface area contributed by atoms with Crippen molar-refractivity contribution in [3.8, 4) is 16.2 Å². The predicted octanol–water partition coefficient (Wildman–Crippen LogP) is 3.43. The SMILES string of the molecule is COC(=O)c1sc(-c2ccccc2)c(Br)c1OCC(=O)O. The third-order valence-electron chi connectivity index (χ3n) is 2.56. The Morgan fingerprint density at radius 3 is 2.52 bits per heavy atom. The molecule has 0 saturated heterocycles. The van der Waals surface area contributed by atoms with Crippen molar-refractivity contribution in [2.45, 2.75) is 0 Å². The first-order chi connectivity index (χ1) is 10.0. The third-order valence-corrected chi connectivity index (χ3v) is 4.78. The molecule has 2 aromatic rings. The van der Waals surface area contributed by atoms with Gasteiger partial charge >= 0.3 is 11.9 Å². The van der Waals surface area contributed by atoms with Gasteiger partial charge in [-0.2, -0.15) is 0 Å². The van der Waals surface area contributed by atoms with E-state index in [0.29, 0.717) is 4.47 Å². The van der Waals surface area contributed by atoms with Crippen molar-refractivity contribution in [1.82, 2.24) is 0 Å². The van der Waals surface area contributed by atoms with Crippen LogP contribution < -0.4 is 4.74 Å². The number of benzene rings is 1. The van der Waals surface area contributed by atoms with Crippen LogP contribution in [0.25, 0.3) is 10.4 Å². The fourth-order valence-electron chi connectivity index (χ4n) is 1.66. The van der Waals surface area contributed by atoms with E-state index < -0.39 is 18.5 Å². The van der Waals surface area contributed by atoms with Gasteiger partial charge in [0.25, 0.3) is 0 Å². The van der Waals surface area contributed by atoms with Crippen molar-refractivity contribution in [1.29, 1.82) is 0 Å². The Bertz CT molecular complexity index is 666. The molecule has 2 rings (SSSR count). The quantitative estimate of drug-likeness (QED) is 0.816. The molecule has 0 bridgehead atoms. The molecule has 1 aromatic heterocycles. The van der Waals surface area contributed by atoms with Crippen LogP contribution in [0.15, 0.2) is 34.8 Å². The first-order valence-corrected chi connectivity index (χ1v) is 7.46. The first kappa shape index (κ1) is 15.5. The minimum atomic E-state index is -1.12. The number of carbonyl (C=O) groups excluding carboxylic acids is 1. The largest absolute Gasteiger partial charge is 0.479 e. The van der Waals surface area contributed by atoms with Crippen molar-refractivity contribution in [2.24, 2.45) is 0 Å². The molecule has 0 aliphatic carbocycles. The standard InChI is InChI=1S/C14H11BrO5S/c1-19-14(18)13-11(20-7-9(16)17)10(15)12(21-13)8-5-3-2-4-6-8/h2-6H,7H2,1H3,(H,16,17). The van der Waals surface area contributed by atoms with Crippen LogP contribution in [0.1, 0.15) is 9.67 Å². The molecule has 7 heteroatoms. The van der Waals surface area contributed by atoms with Crippen LogP contribution in [-0.2, 0) is 9.53 Å². The van der Waals surface area contributed by atoms with E-state index in [-0.39, 0.29) is 10.6 Å². The maximum atomic E-state index is 11.8. The third kappa shape index (κ3) is 3.43. The van der Waals surface area contributed by atoms with Crippen LogP contribution in [0.3, 0.4) is 0 Å². The van der Waals surface area contributed by atoms with Crippen LogP contribution in [0.2, 0.25) is 0 Å². The molecule has 0 aliphatic heterocycles. The maximum Gasteiger partial charge on any atom is 0.351 e. The molecule has 0 amide bonds. The van der Waals surface area contributed by atoms with E-state index in [9.17, 15) is 9.59 Å². The van der Waals surface area contributed by atoms with Crippen LogP contribution >= 0.6 is 27.3 Å². The molecule has 0 aliphatic rings. The van der Waals surface area contributed by atoms with Crippen LogP contribution in [-0.4, -0.2) is 30.8 Å². The lowest BCUT2D eigenvalue weighted by Crippen LogP contribution is -2.11. The van der Waals surface area contributed by atoms with E-state index >= 15 is 0 Å². The highest BCUT2D eigenvalue weighted by atomic mass is 79.9. The van der Waals surface area contributed by atoms with Gasteiger partial charge in [-0.15, -0.1) is 11.3 Å². The number of methoxy groups -OCH3 is 1. The van der Waals surface area contributed by atoms with E-state index in [1.807, 2.05) is 30.3 Å². The van der Waals surface area contributed by atoms with Crippen molar-refractivity contribution in [3.63, 3.8) is 0 Å². The van der Waals surface area contributed by atoms with Gasteiger partial charge in [0.2, 0.25) is 0 Å². The van der Waals surface area contributed by atoms with Gasteiger partial charge in [-0.3, -0.25) is 0 Å². The number of carbonyl (C=O) groups is 2. The highest BCUT2D eigenvalue weighted by molar-refractivity contribution is 9.10. The average Bonchev–Trinajstić information content (AvgIpc) is 2.82. The van der Waals surface area contributed by atoms with Gasteiger partial charge in [0.15, 0.2) is 17.2 Å². The number of carboxylic acid groups (broad SMARTS) is 1. The molecule has 21 heavy (non-hydrogen) atoms. The van der Waals surface area contributed by atoms with Crippen LogP contribution in [0.4, 0.5) is 0 Å². The molecular weight excluding hydrogens is 360 g/mol. The minimum Gasteiger partial charge on any atom is -0.479 e. The molecule has 5 nitrogen and oxygen atoms in total. The molecule has 1 N–H and O–H groups in total. The Balaban J connectivity index is 2.49. The van der Waals surface area contributed by atoms with E-state index in [1.165, 1.54) is 18.4 Å². The summed E-state index contributed by atoms with van der Waals surface area (Å²) >= 11 is 4.56. The Morgan fingerprint density at radius 2 is 1.95 bits per heavy atom. The monoisotopic (exact) mass is 370 g/mol. The zero-order valence-electron chi connectivity index (χ0n) is 11.0. The van der Waals surface area contributed by atoms with Gasteiger partial charge in [-0.25, -0.2) is 9.59 Å². The minimum absolute atomic E-state index is 0.188. The summed E-state index contributed by atoms with van der Waals surface area (Å²) < 4.78 is 10.5. The molecule has 0 fully saturated rings. The summed E-state index contributed by atoms with van der Waals surface area (Å²) in [6.07, 6.45) is 0. The highest BCUT2D eigenvalue weighted by Crippen LogP contribution is 2.45. The lowest BCUT2D eigenvalue weighted by atomic mass is 10.2. The number of esters is 1. The fraction of sp³-hybridized carbons (Fsp3) is 0.143. The number of thiophene rings is 1. The maximum absolute atomic E-state index is 11.8. The second kappa shape index (κ2) is 6.73. The Labute approximate surface area is 133 Å². The highest BCUT2D eigenvalue weighted by Gasteiger charge is 2.25. The van der Waals surface area contributed by atoms with Crippen LogP contribution in [0.5, 0.6) is 5.75 Å². The zero-order valence-corrected chi connectivity index (χ0v) is 13.4. The van der Waals surface area contributed by atoms with Gasteiger partial charge in [0, 0.05) is 0 Å². The number of rotatable bonds is 5. The summed E-state index contributed by atoms with van der Waals surface area (Å²) in [5, 5.41) is 8.72. The number of hydrogen-bond donors (Lipinski definition) is 1. The van der Waals surface area contributed by atoms with E-state index in [1.54, 1.807) is 0 Å². The number of ether oxygens (including phenoxy) is 2. The van der Waals surface area contributed by atoms with Gasteiger partial charge < -0.3 is 14.6 Å². The van der Waals surface area contributed by atoms with Crippen molar-refractivity contribution >= 4 is 39.2 Å². The topological polar surface area (TPSA) is 72.8 Å². The summed E-state index contributed by atoms with van der Waals surface area (Å²) in [7, 11) is 1.26. The number of halogens is 1. The number of aliphatic carboxylic acids is 1. The molecular formula is C14H11BrO5S. The summed E-state index contributed by atoms with van der Waals surface area (Å²) in [4.78, 5) is 23.5. The predicted molar refractivity (Wildman–Crippen MR) is 81.9 cm³/mol. The lowest BCUT2D eigenvalue weighted by Gasteiger charge is -2.04. The van der Waals surface area contributed by atoms with Gasteiger partial charge in [0.05, 0.1) is 16.5 Å². The van der Waals surface area contributed by atoms with Crippen LogP contribution in [0, 0.1) is 0 Å². The molecule has 0 unspecified atom stereocenters. The van der Waals surface area contributed by atoms with E-state index in [4.69, 9.17) is 14.6 Å². The van der Waals surface area contributed by atoms with E-state index in [2.05, 4.69) is 15.9 Å². The fourth-order valence-corrected chi connectivity index (χ4v) is 3.64. The molecule has 0 atom stereocenters. The Morgan fingerprint density at radius 1 is 1.29 bits per heavy atom. The molecule has 1 aromatic carbocycles. The molecule has 1 heterocycles. The van der Waals surface area contributed by atoms with E-state index in [0.717, 1.165) is 10.4 Å². The van der Waals surface area contributed by atoms with Gasteiger partial charge in [0.1, 0.15) is 0 Å². The molecule has 0 radical (unpaired) electrons. The zero-order chi connectivity index (χ0) is 15.4. The smallest absolute Gasteiger partial charge is 0.351 e. The Hall–Kier alpha value is -1.86. The molecule has 0 spiro atoms. The normalized spacial score (nSPS) is 10.2. The lowest BCUT2D eigenvalue weighted by molar-refractivity contribution is -0.139. The summed E-state index contributed by atoms with van der Waals surface area (Å²) in [6, 6.07) is 9.40. The van der Waals surface area contributed by atoms with Gasteiger partial charge in [-0.05, 0) is 21.5 Å². The van der Waals surface area contributed by atoms with Crippen molar-refractivity contribution in [3.05, 3.63) is 39.7 Å². The molecule has 110 valence electrons. The van der Waals surface area contributed by atoms with Crippen molar-refractivity contribution in [2.75, 3.05) is 13.7 Å². The summed E-state index contributed by atoms with van der Waals surface area (Å²) in [6.45, 7) is -0.534. The number of hydrogen-bond acceptors (Lipinski definition) is 5. The average molecular weight is 371 g/mol. The number of carboxylic acids is 1.